The summed E-state index contributed by atoms with van der Waals surface area (Å²) in [6, 6.07) is 6.05. The first kappa shape index (κ1) is 20.9. The quantitative estimate of drug-likeness (QED) is 0.717. The predicted molar refractivity (Wildman–Crippen MR) is 108 cm³/mol. The maximum Gasteiger partial charge on any atom is 0.269 e. The van der Waals surface area contributed by atoms with Crippen molar-refractivity contribution in [1.29, 1.82) is 0 Å². The van der Waals surface area contributed by atoms with Gasteiger partial charge in [-0.15, -0.1) is 12.4 Å². The molecule has 2 saturated heterocycles. The zero-order valence-corrected chi connectivity index (χ0v) is 17.0. The molecule has 10 heteroatoms. The Kier molecular flexibility index (Phi) is 6.79. The van der Waals surface area contributed by atoms with Crippen LogP contribution in [0.15, 0.2) is 24.5 Å². The van der Waals surface area contributed by atoms with Crippen molar-refractivity contribution in [2.24, 2.45) is 0 Å². The molecule has 2 aromatic heterocycles. The topological polar surface area (TPSA) is 92.3 Å². The number of fused-ring (bicyclic) bond motifs is 1. The molecule has 4 rings (SSSR count). The third-order valence-electron chi connectivity index (χ3n) is 4.98. The van der Waals surface area contributed by atoms with Crippen LogP contribution in [0.2, 0.25) is 5.15 Å². The fourth-order valence-corrected chi connectivity index (χ4v) is 3.87. The number of halogens is 2. The zero-order valence-electron chi connectivity index (χ0n) is 15.4. The van der Waals surface area contributed by atoms with Crippen LogP contribution in [0.5, 0.6) is 0 Å². The summed E-state index contributed by atoms with van der Waals surface area (Å²) >= 11 is 6.33. The summed E-state index contributed by atoms with van der Waals surface area (Å²) in [5.41, 5.74) is 2.55. The van der Waals surface area contributed by atoms with Gasteiger partial charge in [0, 0.05) is 38.8 Å². The lowest BCUT2D eigenvalue weighted by molar-refractivity contribution is -0.0427. The number of carbonyl (C=O) groups is 1. The molecule has 8 nitrogen and oxygen atoms in total. The lowest BCUT2D eigenvalue weighted by Crippen LogP contribution is -2.58. The van der Waals surface area contributed by atoms with Crippen LogP contribution in [-0.4, -0.2) is 71.7 Å². The van der Waals surface area contributed by atoms with Crippen LogP contribution < -0.4 is 10.6 Å². The van der Waals surface area contributed by atoms with Crippen molar-refractivity contribution in [3.8, 4) is 11.4 Å². The SMILES string of the molecule is CNC(=O)c1cc(-c2cc(C3CNCC4COCCN43)cc(Cl)n2)ncn1.Cl. The number of carbonyl (C=O) groups excluding carboxylic acids is 1. The van der Waals surface area contributed by atoms with E-state index < -0.39 is 0 Å². The molecular formula is C18H22Cl2N6O2. The van der Waals surface area contributed by atoms with Gasteiger partial charge in [-0.25, -0.2) is 15.0 Å². The predicted octanol–water partition coefficient (Wildman–Crippen LogP) is 1.32. The summed E-state index contributed by atoms with van der Waals surface area (Å²) in [5, 5.41) is 6.44. The summed E-state index contributed by atoms with van der Waals surface area (Å²) < 4.78 is 5.61. The van der Waals surface area contributed by atoms with Crippen LogP contribution in [0.3, 0.4) is 0 Å². The molecule has 2 fully saturated rings. The first-order valence-electron chi connectivity index (χ1n) is 8.92. The summed E-state index contributed by atoms with van der Waals surface area (Å²) in [5.74, 6) is -0.270. The molecule has 0 spiro atoms. The number of hydrogen-bond donors (Lipinski definition) is 2. The number of pyridine rings is 1. The van der Waals surface area contributed by atoms with Crippen molar-refractivity contribution in [2.45, 2.75) is 12.1 Å². The van der Waals surface area contributed by atoms with Crippen LogP contribution in [0.4, 0.5) is 0 Å². The van der Waals surface area contributed by atoms with Gasteiger partial charge in [0.2, 0.25) is 0 Å². The van der Waals surface area contributed by atoms with Crippen LogP contribution in [0.1, 0.15) is 22.1 Å². The Morgan fingerprint density at radius 1 is 1.29 bits per heavy atom. The number of amides is 1. The van der Waals surface area contributed by atoms with E-state index in [9.17, 15) is 4.79 Å². The van der Waals surface area contributed by atoms with E-state index in [1.165, 1.54) is 6.33 Å². The average Bonchev–Trinajstić information content (AvgIpc) is 2.72. The molecule has 150 valence electrons. The Labute approximate surface area is 174 Å². The molecule has 1 amide bonds. The van der Waals surface area contributed by atoms with E-state index >= 15 is 0 Å². The number of hydrogen-bond acceptors (Lipinski definition) is 7. The Balaban J connectivity index is 0.00000225. The van der Waals surface area contributed by atoms with Crippen molar-refractivity contribution in [2.75, 3.05) is 39.9 Å². The highest BCUT2D eigenvalue weighted by Gasteiger charge is 2.34. The Morgan fingerprint density at radius 3 is 2.96 bits per heavy atom. The minimum atomic E-state index is -0.270. The van der Waals surface area contributed by atoms with E-state index in [-0.39, 0.29) is 24.4 Å². The van der Waals surface area contributed by atoms with Crippen molar-refractivity contribution in [3.63, 3.8) is 0 Å². The van der Waals surface area contributed by atoms with Gasteiger partial charge in [-0.1, -0.05) is 11.6 Å². The fourth-order valence-electron chi connectivity index (χ4n) is 3.66. The first-order valence-corrected chi connectivity index (χ1v) is 9.29. The van der Waals surface area contributed by atoms with Crippen molar-refractivity contribution < 1.29 is 9.53 Å². The lowest BCUT2D eigenvalue weighted by Gasteiger charge is -2.45. The third-order valence-corrected chi connectivity index (χ3v) is 5.18. The zero-order chi connectivity index (χ0) is 18.8. The number of aromatic nitrogens is 3. The van der Waals surface area contributed by atoms with Crippen molar-refractivity contribution >= 4 is 29.9 Å². The normalized spacial score (nSPS) is 22.1. The van der Waals surface area contributed by atoms with Crippen molar-refractivity contribution in [1.82, 2.24) is 30.5 Å². The number of nitrogens with zero attached hydrogens (tertiary/aromatic N) is 4. The van der Waals surface area contributed by atoms with E-state index in [2.05, 4.69) is 30.5 Å². The molecule has 2 aliphatic heterocycles. The van der Waals surface area contributed by atoms with E-state index in [4.69, 9.17) is 16.3 Å². The number of piperazine rings is 1. The highest BCUT2D eigenvalue weighted by atomic mass is 35.5. The summed E-state index contributed by atoms with van der Waals surface area (Å²) in [6.45, 7) is 4.12. The van der Waals surface area contributed by atoms with Gasteiger partial charge in [0.1, 0.15) is 17.2 Å². The maximum absolute atomic E-state index is 11.9. The first-order chi connectivity index (χ1) is 13.2. The average molecular weight is 425 g/mol. The van der Waals surface area contributed by atoms with Gasteiger partial charge in [-0.3, -0.25) is 9.69 Å². The highest BCUT2D eigenvalue weighted by molar-refractivity contribution is 6.29. The molecule has 0 aliphatic carbocycles. The molecule has 2 unspecified atom stereocenters. The molecule has 0 aromatic carbocycles. The molecule has 2 aromatic rings. The van der Waals surface area contributed by atoms with Gasteiger partial charge in [-0.05, 0) is 23.8 Å². The van der Waals surface area contributed by atoms with Gasteiger partial charge in [0.15, 0.2) is 0 Å². The van der Waals surface area contributed by atoms with Gasteiger partial charge in [-0.2, -0.15) is 0 Å². The van der Waals surface area contributed by atoms with E-state index in [0.29, 0.717) is 28.3 Å². The molecule has 2 N–H and O–H groups in total. The molecule has 0 radical (unpaired) electrons. The maximum atomic E-state index is 11.9. The second kappa shape index (κ2) is 9.11. The molecule has 0 bridgehead atoms. The standard InChI is InChI=1S/C18H21ClN6O2.ClH/c1-20-18(26)15-6-13(22-10-23-15)14-4-11(5-17(19)24-14)16-8-21-7-12-9-27-3-2-25(12)16;/h4-6,10,12,16,21H,2-3,7-9H2,1H3,(H,20,26);1H. The highest BCUT2D eigenvalue weighted by Crippen LogP contribution is 2.30. The summed E-state index contributed by atoms with van der Waals surface area (Å²) in [7, 11) is 1.56. The van der Waals surface area contributed by atoms with E-state index in [1.54, 1.807) is 13.1 Å². The summed E-state index contributed by atoms with van der Waals surface area (Å²) in [6.07, 6.45) is 1.36. The Morgan fingerprint density at radius 2 is 2.14 bits per heavy atom. The second-order valence-corrected chi connectivity index (χ2v) is 7.00. The molecule has 28 heavy (non-hydrogen) atoms. The Hall–Kier alpha value is -1.84. The molecule has 0 saturated carbocycles. The minimum absolute atomic E-state index is 0. The number of rotatable bonds is 3. The Bertz CT molecular complexity index is 851. The smallest absolute Gasteiger partial charge is 0.269 e. The largest absolute Gasteiger partial charge is 0.378 e. The summed E-state index contributed by atoms with van der Waals surface area (Å²) in [4.78, 5) is 27.0. The van der Waals surface area contributed by atoms with Gasteiger partial charge >= 0.3 is 0 Å². The fraction of sp³-hybridized carbons (Fsp3) is 0.444. The lowest BCUT2D eigenvalue weighted by atomic mass is 9.99. The van der Waals surface area contributed by atoms with Crippen LogP contribution >= 0.6 is 24.0 Å². The van der Waals surface area contributed by atoms with Gasteiger partial charge in [0.25, 0.3) is 5.91 Å². The third kappa shape index (κ3) is 4.26. The van der Waals surface area contributed by atoms with E-state index in [1.807, 2.05) is 12.1 Å². The minimum Gasteiger partial charge on any atom is -0.378 e. The van der Waals surface area contributed by atoms with Crippen LogP contribution in [0, 0.1) is 0 Å². The number of nitrogens with one attached hydrogen (secondary N) is 2. The molecule has 2 aliphatic rings. The monoisotopic (exact) mass is 424 g/mol. The van der Waals surface area contributed by atoms with E-state index in [0.717, 1.165) is 38.4 Å². The van der Waals surface area contributed by atoms with Gasteiger partial charge < -0.3 is 15.4 Å². The second-order valence-electron chi connectivity index (χ2n) is 6.62. The van der Waals surface area contributed by atoms with Crippen LogP contribution in [0.25, 0.3) is 11.4 Å². The molecule has 2 atom stereocenters. The molecule has 4 heterocycles. The number of ether oxygens (including phenoxy) is 1. The van der Waals surface area contributed by atoms with Crippen LogP contribution in [-0.2, 0) is 4.74 Å². The number of morpholine rings is 1. The molecular weight excluding hydrogens is 403 g/mol. The van der Waals surface area contributed by atoms with Gasteiger partial charge in [0.05, 0.1) is 24.6 Å². The van der Waals surface area contributed by atoms with Crippen molar-refractivity contribution in [3.05, 3.63) is 40.9 Å².